The third-order valence-electron chi connectivity index (χ3n) is 6.76. The molecular weight excluding hydrogens is 373 g/mol. The molecule has 0 saturated carbocycles. The molecule has 8 nitrogen and oxygen atoms in total. The van der Waals surface area contributed by atoms with Crippen LogP contribution in [0.4, 0.5) is 0 Å². The van der Waals surface area contributed by atoms with E-state index in [2.05, 4.69) is 24.1 Å². The maximum Gasteiger partial charge on any atom is 0.503 e. The molecule has 146 valence electrons. The van der Waals surface area contributed by atoms with Crippen molar-refractivity contribution in [3.63, 3.8) is 0 Å². The first-order valence-corrected chi connectivity index (χ1v) is 10.8. The van der Waals surface area contributed by atoms with E-state index in [0.29, 0.717) is 18.2 Å². The average molecular weight is 395 g/mol. The molecule has 0 radical (unpaired) electrons. The molecule has 0 N–H and O–H groups in total. The molecule has 4 heterocycles. The lowest BCUT2D eigenvalue weighted by molar-refractivity contribution is -0.278. The largest absolute Gasteiger partial charge is 0.503 e. The number of likely N-dealkylation sites (N-methyl/N-ethyl adjacent to an activating group) is 1. The van der Waals surface area contributed by atoms with Crippen LogP contribution in [-0.4, -0.2) is 55.6 Å². The first-order valence-electron chi connectivity index (χ1n) is 9.37. The van der Waals surface area contributed by atoms with E-state index in [1.54, 1.807) is 7.11 Å². The van der Waals surface area contributed by atoms with Gasteiger partial charge in [0.15, 0.2) is 23.6 Å². The van der Waals surface area contributed by atoms with Crippen molar-refractivity contribution >= 4 is 7.82 Å². The fourth-order valence-electron chi connectivity index (χ4n) is 5.57. The first-order chi connectivity index (χ1) is 13.0. The third-order valence-corrected chi connectivity index (χ3v) is 8.08. The molecule has 2 aliphatic carbocycles. The maximum absolute atomic E-state index is 13.0. The number of fused-ring (bicyclic) bond motifs is 3. The van der Waals surface area contributed by atoms with E-state index >= 15 is 0 Å². The van der Waals surface area contributed by atoms with E-state index in [1.165, 1.54) is 0 Å². The van der Waals surface area contributed by atoms with E-state index in [0.717, 1.165) is 18.6 Å². The summed E-state index contributed by atoms with van der Waals surface area (Å²) in [5.74, 6) is 1.77. The van der Waals surface area contributed by atoms with Crippen molar-refractivity contribution in [2.75, 3.05) is 20.7 Å². The van der Waals surface area contributed by atoms with E-state index in [-0.39, 0.29) is 12.0 Å². The molecule has 0 amide bonds. The van der Waals surface area contributed by atoms with Gasteiger partial charge in [-0.05, 0) is 25.5 Å². The van der Waals surface area contributed by atoms with Gasteiger partial charge in [-0.1, -0.05) is 18.2 Å². The molecule has 27 heavy (non-hydrogen) atoms. The second-order valence-corrected chi connectivity index (χ2v) is 9.57. The number of allylic oxidation sites excluding steroid dienone is 3. The number of ether oxygens (including phenoxy) is 2. The first kappa shape index (κ1) is 16.8. The highest BCUT2D eigenvalue weighted by atomic mass is 31.2. The summed E-state index contributed by atoms with van der Waals surface area (Å²) in [7, 11) is -0.0765. The van der Waals surface area contributed by atoms with Gasteiger partial charge in [0, 0.05) is 24.9 Å². The number of phosphoric acid groups is 1. The van der Waals surface area contributed by atoms with Crippen LogP contribution < -0.4 is 0 Å². The van der Waals surface area contributed by atoms with Crippen molar-refractivity contribution < 1.29 is 32.6 Å². The lowest BCUT2D eigenvalue weighted by Gasteiger charge is -2.54. The van der Waals surface area contributed by atoms with E-state index in [9.17, 15) is 4.57 Å². The van der Waals surface area contributed by atoms with Crippen molar-refractivity contribution in [2.45, 2.75) is 42.8 Å². The number of phosphoric ester groups is 1. The molecule has 6 aliphatic rings. The van der Waals surface area contributed by atoms with Crippen LogP contribution in [0.5, 0.6) is 0 Å². The Morgan fingerprint density at radius 2 is 2.22 bits per heavy atom. The predicted molar refractivity (Wildman–Crippen MR) is 92.1 cm³/mol. The van der Waals surface area contributed by atoms with Gasteiger partial charge in [-0.3, -0.25) is 13.9 Å². The summed E-state index contributed by atoms with van der Waals surface area (Å²) in [6.45, 7) is 0.599. The van der Waals surface area contributed by atoms with E-state index in [4.69, 9.17) is 28.1 Å². The van der Waals surface area contributed by atoms with Gasteiger partial charge >= 0.3 is 7.82 Å². The number of hydrogen-bond donors (Lipinski definition) is 0. The molecule has 9 heteroatoms. The number of nitrogens with zero attached hydrogens (tertiary/aromatic N) is 1. The minimum absolute atomic E-state index is 0.0389. The molecule has 4 saturated heterocycles. The highest BCUT2D eigenvalue weighted by Gasteiger charge is 2.73. The van der Waals surface area contributed by atoms with Gasteiger partial charge in [0.2, 0.25) is 0 Å². The Balaban J connectivity index is 1.57. The lowest BCUT2D eigenvalue weighted by atomic mass is 9.65. The predicted octanol–water partition coefficient (Wildman–Crippen LogP) is 2.30. The van der Waals surface area contributed by atoms with E-state index < -0.39 is 31.7 Å². The van der Waals surface area contributed by atoms with Crippen LogP contribution in [0, 0.1) is 11.8 Å². The topological polar surface area (TPSA) is 75.7 Å². The molecule has 8 atom stereocenters. The van der Waals surface area contributed by atoms with Crippen LogP contribution in [0.3, 0.4) is 0 Å². The summed E-state index contributed by atoms with van der Waals surface area (Å²) in [5, 5.41) is 0. The van der Waals surface area contributed by atoms with Gasteiger partial charge in [0.1, 0.15) is 11.9 Å². The minimum atomic E-state index is -3.80. The molecule has 0 aromatic heterocycles. The molecular formula is C18H22NO7P. The summed E-state index contributed by atoms with van der Waals surface area (Å²) >= 11 is 0. The zero-order chi connectivity index (χ0) is 18.4. The van der Waals surface area contributed by atoms with Crippen LogP contribution >= 0.6 is 7.82 Å². The van der Waals surface area contributed by atoms with Gasteiger partial charge < -0.3 is 9.47 Å². The highest BCUT2D eigenvalue weighted by Crippen LogP contribution is 2.69. The summed E-state index contributed by atoms with van der Waals surface area (Å²) in [5.41, 5.74) is -0.911. The minimum Gasteiger partial charge on any atom is -0.493 e. The molecule has 8 bridgehead atoms. The van der Waals surface area contributed by atoms with Crippen LogP contribution in [0.1, 0.15) is 12.8 Å². The molecule has 1 spiro atoms. The number of hydrogen-bond acceptors (Lipinski definition) is 8. The number of methoxy groups -OCH3 is 1. The average Bonchev–Trinajstić information content (AvgIpc) is 2.90. The fourth-order valence-corrected chi connectivity index (χ4v) is 7.15. The van der Waals surface area contributed by atoms with Gasteiger partial charge in [0.25, 0.3) is 0 Å². The van der Waals surface area contributed by atoms with Crippen molar-refractivity contribution in [3.8, 4) is 0 Å². The Bertz CT molecular complexity index is 825. The van der Waals surface area contributed by atoms with Crippen LogP contribution in [0.15, 0.2) is 35.8 Å². The summed E-state index contributed by atoms with van der Waals surface area (Å²) < 4.78 is 42.1. The summed E-state index contributed by atoms with van der Waals surface area (Å²) in [6.07, 6.45) is 8.43. The lowest BCUT2D eigenvalue weighted by Crippen LogP contribution is -2.71. The SMILES string of the molecule is COC1=C2CC(C=C1)C[C@@H]1[C@H]3C=C[C@@H]4OOP5(=O)OC(CN1C)[C@@]3(O5)[C@@H]4O2. The Labute approximate surface area is 157 Å². The quantitative estimate of drug-likeness (QED) is 0.380. The van der Waals surface area contributed by atoms with E-state index in [1.807, 2.05) is 12.2 Å². The zero-order valence-electron chi connectivity index (χ0n) is 15.1. The molecule has 0 aromatic rings. The molecule has 4 fully saturated rings. The Hall–Kier alpha value is -1.15. The zero-order valence-corrected chi connectivity index (χ0v) is 16.0. The Morgan fingerprint density at radius 1 is 1.33 bits per heavy atom. The van der Waals surface area contributed by atoms with Crippen molar-refractivity contribution in [1.82, 2.24) is 4.90 Å². The maximum atomic E-state index is 13.0. The Kier molecular flexibility index (Phi) is 3.40. The molecule has 6 rings (SSSR count). The van der Waals surface area contributed by atoms with Crippen molar-refractivity contribution in [2.24, 2.45) is 11.8 Å². The molecule has 4 aliphatic heterocycles. The number of piperidine rings is 1. The van der Waals surface area contributed by atoms with Crippen LogP contribution in [-0.2, 0) is 32.6 Å². The number of rotatable bonds is 1. The van der Waals surface area contributed by atoms with Crippen LogP contribution in [0.2, 0.25) is 0 Å². The monoisotopic (exact) mass is 395 g/mol. The smallest absolute Gasteiger partial charge is 0.493 e. The van der Waals surface area contributed by atoms with Crippen LogP contribution in [0.25, 0.3) is 0 Å². The third kappa shape index (κ3) is 2.14. The van der Waals surface area contributed by atoms with Gasteiger partial charge in [-0.15, -0.1) is 4.67 Å². The highest BCUT2D eigenvalue weighted by molar-refractivity contribution is 7.48. The number of likely N-dealkylation sites (tertiary alicyclic amines) is 1. The molecule has 0 aromatic carbocycles. The normalized spacial score (nSPS) is 52.7. The standard InChI is InChI=1S/C18H22NO7P/c1-19-9-16-18-11-4-6-14(23-26-27(20,24-16)25-18)17(18)22-15-8-10(7-12(11)19)3-5-13(15)21-2/h3-6,10-12,14,16-17H,7-9H2,1-2H3/t10?,11-,12-,14+,16?,17-,18-,27?/m1/s1. The van der Waals surface area contributed by atoms with Gasteiger partial charge in [0.05, 0.1) is 7.11 Å². The summed E-state index contributed by atoms with van der Waals surface area (Å²) in [4.78, 5) is 7.73. The summed E-state index contributed by atoms with van der Waals surface area (Å²) in [6, 6.07) is 0.205. The fraction of sp³-hybridized carbons (Fsp3) is 0.667. The van der Waals surface area contributed by atoms with Crippen molar-refractivity contribution in [1.29, 1.82) is 0 Å². The van der Waals surface area contributed by atoms with Gasteiger partial charge in [-0.25, -0.2) is 9.45 Å². The second-order valence-electron chi connectivity index (χ2n) is 8.13. The molecule has 3 unspecified atom stereocenters. The van der Waals surface area contributed by atoms with Gasteiger partial charge in [-0.2, -0.15) is 0 Å². The second kappa shape index (κ2) is 5.47. The van der Waals surface area contributed by atoms with Crippen molar-refractivity contribution in [3.05, 3.63) is 35.8 Å². The Morgan fingerprint density at radius 3 is 3.07 bits per heavy atom.